The third kappa shape index (κ3) is 4.85. The summed E-state index contributed by atoms with van der Waals surface area (Å²) in [7, 11) is 0. The smallest absolute Gasteiger partial charge is 0.318 e. The van der Waals surface area contributed by atoms with E-state index in [4.69, 9.17) is 0 Å². The summed E-state index contributed by atoms with van der Waals surface area (Å²) in [5, 5.41) is 6.20. The Labute approximate surface area is 130 Å². The zero-order chi connectivity index (χ0) is 15.1. The van der Waals surface area contributed by atoms with Crippen LogP contribution in [0.5, 0.6) is 0 Å². The predicted octanol–water partition coefficient (Wildman–Crippen LogP) is 2.54. The molecule has 0 fully saturated rings. The van der Waals surface area contributed by atoms with Gasteiger partial charge in [0.15, 0.2) is 0 Å². The van der Waals surface area contributed by atoms with E-state index >= 15 is 0 Å². The SMILES string of the molecule is O=C(N/N=C/c1ccccc1)C(=O)Nc1cccc(Br)c1. The molecule has 106 valence electrons. The average molecular weight is 346 g/mol. The van der Waals surface area contributed by atoms with Crippen LogP contribution in [0.25, 0.3) is 0 Å². The van der Waals surface area contributed by atoms with Crippen molar-refractivity contribution in [3.05, 3.63) is 64.6 Å². The number of benzene rings is 2. The first-order chi connectivity index (χ1) is 10.1. The van der Waals surface area contributed by atoms with Gasteiger partial charge in [-0.05, 0) is 23.8 Å². The molecule has 0 saturated heterocycles. The summed E-state index contributed by atoms with van der Waals surface area (Å²) in [6.45, 7) is 0. The molecule has 0 heterocycles. The molecule has 0 aromatic heterocycles. The normalized spacial score (nSPS) is 10.3. The molecule has 0 saturated carbocycles. The van der Waals surface area contributed by atoms with Crippen LogP contribution in [0.2, 0.25) is 0 Å². The van der Waals surface area contributed by atoms with E-state index in [2.05, 4.69) is 31.8 Å². The first-order valence-corrected chi connectivity index (χ1v) is 6.89. The van der Waals surface area contributed by atoms with Gasteiger partial charge in [-0.15, -0.1) is 0 Å². The zero-order valence-corrected chi connectivity index (χ0v) is 12.5. The van der Waals surface area contributed by atoms with Crippen LogP contribution in [0.3, 0.4) is 0 Å². The molecule has 6 heteroatoms. The molecule has 0 unspecified atom stereocenters. The molecule has 0 spiro atoms. The number of rotatable bonds is 3. The zero-order valence-electron chi connectivity index (χ0n) is 10.9. The van der Waals surface area contributed by atoms with Gasteiger partial charge in [-0.25, -0.2) is 5.43 Å². The second kappa shape index (κ2) is 7.35. The van der Waals surface area contributed by atoms with Crippen molar-refractivity contribution in [2.75, 3.05) is 5.32 Å². The fraction of sp³-hybridized carbons (Fsp3) is 0. The van der Waals surface area contributed by atoms with E-state index in [9.17, 15) is 9.59 Å². The molecule has 2 aromatic rings. The molecule has 2 rings (SSSR count). The number of hydrazone groups is 1. The Bertz CT molecular complexity index is 672. The molecule has 0 radical (unpaired) electrons. The average Bonchev–Trinajstić information content (AvgIpc) is 2.48. The van der Waals surface area contributed by atoms with E-state index in [-0.39, 0.29) is 0 Å². The Hall–Kier alpha value is -2.47. The number of carbonyl (C=O) groups excluding carboxylic acids is 2. The first kappa shape index (κ1) is 14.9. The van der Waals surface area contributed by atoms with Crippen LogP contribution >= 0.6 is 15.9 Å². The number of hydrogen-bond donors (Lipinski definition) is 2. The summed E-state index contributed by atoms with van der Waals surface area (Å²) in [4.78, 5) is 23.2. The van der Waals surface area contributed by atoms with Gasteiger partial charge in [-0.1, -0.05) is 52.3 Å². The molecule has 0 atom stereocenters. The summed E-state index contributed by atoms with van der Waals surface area (Å²) >= 11 is 3.28. The van der Waals surface area contributed by atoms with Crippen LogP contribution in [0.1, 0.15) is 5.56 Å². The highest BCUT2D eigenvalue weighted by Gasteiger charge is 2.12. The maximum Gasteiger partial charge on any atom is 0.329 e. The summed E-state index contributed by atoms with van der Waals surface area (Å²) in [5.74, 6) is -1.61. The Morgan fingerprint density at radius 1 is 1.00 bits per heavy atom. The topological polar surface area (TPSA) is 70.6 Å². The maximum absolute atomic E-state index is 11.7. The van der Waals surface area contributed by atoms with Gasteiger partial charge in [0.1, 0.15) is 0 Å². The molecule has 0 aliphatic rings. The number of halogens is 1. The lowest BCUT2D eigenvalue weighted by Crippen LogP contribution is -2.32. The highest BCUT2D eigenvalue weighted by Crippen LogP contribution is 2.15. The van der Waals surface area contributed by atoms with Gasteiger partial charge in [0.25, 0.3) is 0 Å². The van der Waals surface area contributed by atoms with Crippen molar-refractivity contribution in [2.45, 2.75) is 0 Å². The van der Waals surface area contributed by atoms with E-state index in [0.717, 1.165) is 10.0 Å². The second-order valence-corrected chi connectivity index (χ2v) is 4.99. The summed E-state index contributed by atoms with van der Waals surface area (Å²) in [5.41, 5.74) is 3.52. The number of hydrogen-bond acceptors (Lipinski definition) is 3. The molecule has 0 bridgehead atoms. The van der Waals surface area contributed by atoms with Gasteiger partial charge in [0, 0.05) is 10.2 Å². The van der Waals surface area contributed by atoms with Gasteiger partial charge < -0.3 is 5.32 Å². The van der Waals surface area contributed by atoms with E-state index < -0.39 is 11.8 Å². The Morgan fingerprint density at radius 3 is 2.48 bits per heavy atom. The van der Waals surface area contributed by atoms with Crippen molar-refractivity contribution < 1.29 is 9.59 Å². The van der Waals surface area contributed by atoms with Crippen LogP contribution in [-0.2, 0) is 9.59 Å². The molecular weight excluding hydrogens is 334 g/mol. The number of carbonyl (C=O) groups is 2. The highest BCUT2D eigenvalue weighted by atomic mass is 79.9. The van der Waals surface area contributed by atoms with E-state index in [1.165, 1.54) is 6.21 Å². The highest BCUT2D eigenvalue weighted by molar-refractivity contribution is 9.10. The lowest BCUT2D eigenvalue weighted by Gasteiger charge is -2.04. The maximum atomic E-state index is 11.7. The molecule has 21 heavy (non-hydrogen) atoms. The fourth-order valence-corrected chi connectivity index (χ4v) is 1.91. The van der Waals surface area contributed by atoms with Gasteiger partial charge in [-0.3, -0.25) is 9.59 Å². The molecule has 5 nitrogen and oxygen atoms in total. The lowest BCUT2D eigenvalue weighted by molar-refractivity contribution is -0.136. The molecule has 0 aliphatic carbocycles. The predicted molar refractivity (Wildman–Crippen MR) is 85.0 cm³/mol. The first-order valence-electron chi connectivity index (χ1n) is 6.10. The minimum Gasteiger partial charge on any atom is -0.318 e. The minimum absolute atomic E-state index is 0.525. The van der Waals surface area contributed by atoms with Crippen LogP contribution in [0, 0.1) is 0 Å². The van der Waals surface area contributed by atoms with Crippen molar-refractivity contribution in [1.29, 1.82) is 0 Å². The minimum atomic E-state index is -0.831. The Morgan fingerprint density at radius 2 is 1.76 bits per heavy atom. The Balaban J connectivity index is 1.88. The number of amides is 2. The summed E-state index contributed by atoms with van der Waals surface area (Å²) in [6, 6.07) is 16.2. The second-order valence-electron chi connectivity index (χ2n) is 4.07. The number of anilines is 1. The van der Waals surface area contributed by atoms with Crippen LogP contribution in [-0.4, -0.2) is 18.0 Å². The van der Waals surface area contributed by atoms with E-state index in [1.807, 2.05) is 36.4 Å². The van der Waals surface area contributed by atoms with Crippen molar-refractivity contribution in [3.8, 4) is 0 Å². The number of nitrogens with one attached hydrogen (secondary N) is 2. The quantitative estimate of drug-likeness (QED) is 0.509. The monoisotopic (exact) mass is 345 g/mol. The van der Waals surface area contributed by atoms with E-state index in [1.54, 1.807) is 18.2 Å². The van der Waals surface area contributed by atoms with Crippen LogP contribution in [0.15, 0.2) is 64.2 Å². The van der Waals surface area contributed by atoms with Crippen molar-refractivity contribution >= 4 is 39.6 Å². The molecule has 2 N–H and O–H groups in total. The summed E-state index contributed by atoms with van der Waals surface area (Å²) in [6.07, 6.45) is 1.46. The molecule has 2 aromatic carbocycles. The lowest BCUT2D eigenvalue weighted by atomic mass is 10.2. The third-order valence-electron chi connectivity index (χ3n) is 2.47. The van der Waals surface area contributed by atoms with Gasteiger partial charge in [-0.2, -0.15) is 5.10 Å². The standard InChI is InChI=1S/C15H12BrN3O2/c16-12-7-4-8-13(9-12)18-14(20)15(21)19-17-10-11-5-2-1-3-6-11/h1-10H,(H,18,20)(H,19,21)/b17-10+. The molecule has 0 aliphatic heterocycles. The fourth-order valence-electron chi connectivity index (χ4n) is 1.51. The Kier molecular flexibility index (Phi) is 5.22. The molecular formula is C15H12BrN3O2. The van der Waals surface area contributed by atoms with Crippen LogP contribution < -0.4 is 10.7 Å². The van der Waals surface area contributed by atoms with Gasteiger partial charge >= 0.3 is 11.8 Å². The largest absolute Gasteiger partial charge is 0.329 e. The van der Waals surface area contributed by atoms with Crippen LogP contribution in [0.4, 0.5) is 5.69 Å². The van der Waals surface area contributed by atoms with Crippen molar-refractivity contribution in [1.82, 2.24) is 5.43 Å². The van der Waals surface area contributed by atoms with Crippen molar-refractivity contribution in [3.63, 3.8) is 0 Å². The van der Waals surface area contributed by atoms with Gasteiger partial charge in [0.2, 0.25) is 0 Å². The number of nitrogens with zero attached hydrogens (tertiary/aromatic N) is 1. The summed E-state index contributed by atoms with van der Waals surface area (Å²) < 4.78 is 0.808. The third-order valence-corrected chi connectivity index (χ3v) is 2.96. The van der Waals surface area contributed by atoms with Gasteiger partial charge in [0.05, 0.1) is 6.21 Å². The molecule has 2 amide bonds. The van der Waals surface area contributed by atoms with E-state index in [0.29, 0.717) is 5.69 Å². The van der Waals surface area contributed by atoms with Crippen molar-refractivity contribution in [2.24, 2.45) is 5.10 Å².